The van der Waals surface area contributed by atoms with Crippen LogP contribution in [0.5, 0.6) is 0 Å². The first-order valence-electron chi connectivity index (χ1n) is 9.46. The average Bonchev–Trinajstić information content (AvgIpc) is 3.07. The second kappa shape index (κ2) is 7.41. The third kappa shape index (κ3) is 3.49. The number of aryl methyl sites for hydroxylation is 2. The Morgan fingerprint density at radius 3 is 2.78 bits per heavy atom. The summed E-state index contributed by atoms with van der Waals surface area (Å²) in [6, 6.07) is 14.0. The minimum Gasteiger partial charge on any atom is -0.480 e. The number of carbonyl (C=O) groups is 1. The molecular weight excluding hydrogens is 356 g/mol. The van der Waals surface area contributed by atoms with Crippen LogP contribution in [0.25, 0.3) is 10.2 Å². The molecule has 1 N–H and O–H groups in total. The minimum atomic E-state index is -0.731. The van der Waals surface area contributed by atoms with Crippen LogP contribution in [-0.4, -0.2) is 33.5 Å². The molecule has 1 fully saturated rings. The number of likely N-dealkylation sites (tertiary alicyclic amines) is 1. The van der Waals surface area contributed by atoms with E-state index in [2.05, 4.69) is 43.0 Å². The quantitative estimate of drug-likeness (QED) is 0.696. The molecule has 4 rings (SSSR count). The number of aromatic nitrogens is 1. The van der Waals surface area contributed by atoms with Gasteiger partial charge in [0.1, 0.15) is 11.0 Å². The molecule has 0 bridgehead atoms. The zero-order valence-corrected chi connectivity index (χ0v) is 16.5. The molecule has 0 aliphatic carbocycles. The Balaban J connectivity index is 1.87. The SMILES string of the molecule is Cc1ccc(C(c2nc3ccccc3s2)N2CCCCC2C(=O)O)c(C)c1. The van der Waals surface area contributed by atoms with Crippen LogP contribution < -0.4 is 0 Å². The van der Waals surface area contributed by atoms with Crippen LogP contribution in [0, 0.1) is 13.8 Å². The molecule has 2 aromatic carbocycles. The fourth-order valence-electron chi connectivity index (χ4n) is 4.12. The van der Waals surface area contributed by atoms with Gasteiger partial charge in [-0.15, -0.1) is 11.3 Å². The smallest absolute Gasteiger partial charge is 0.320 e. The zero-order chi connectivity index (χ0) is 19.0. The normalized spacial score (nSPS) is 19.3. The number of nitrogens with zero attached hydrogens (tertiary/aromatic N) is 2. The summed E-state index contributed by atoms with van der Waals surface area (Å²) >= 11 is 1.67. The predicted molar refractivity (Wildman–Crippen MR) is 109 cm³/mol. The maximum atomic E-state index is 12.0. The lowest BCUT2D eigenvalue weighted by Gasteiger charge is -2.39. The average molecular weight is 381 g/mol. The maximum Gasteiger partial charge on any atom is 0.320 e. The molecule has 4 nitrogen and oxygen atoms in total. The molecule has 5 heteroatoms. The molecule has 0 saturated carbocycles. The number of carboxylic acid groups (broad SMARTS) is 1. The van der Waals surface area contributed by atoms with Gasteiger partial charge in [0.15, 0.2) is 0 Å². The van der Waals surface area contributed by atoms with E-state index >= 15 is 0 Å². The van der Waals surface area contributed by atoms with Crippen LogP contribution in [0.3, 0.4) is 0 Å². The van der Waals surface area contributed by atoms with Crippen LogP contribution in [-0.2, 0) is 4.79 Å². The molecule has 2 heterocycles. The Morgan fingerprint density at radius 2 is 2.04 bits per heavy atom. The Labute approximate surface area is 163 Å². The molecule has 2 unspecified atom stereocenters. The predicted octanol–water partition coefficient (Wildman–Crippen LogP) is 4.94. The third-order valence-corrected chi connectivity index (χ3v) is 6.51. The number of aliphatic carboxylic acids is 1. The Hall–Kier alpha value is -2.24. The summed E-state index contributed by atoms with van der Waals surface area (Å²) < 4.78 is 1.14. The number of hydrogen-bond acceptors (Lipinski definition) is 4. The van der Waals surface area contributed by atoms with Gasteiger partial charge in [0.2, 0.25) is 0 Å². The molecular formula is C22H24N2O2S. The molecule has 3 aromatic rings. The Bertz CT molecular complexity index is 948. The Kier molecular flexibility index (Phi) is 4.98. The lowest BCUT2D eigenvalue weighted by Crippen LogP contribution is -2.47. The standard InChI is InChI=1S/C22H24N2O2S/c1-14-10-11-16(15(2)13-14)20(24-12-6-5-8-18(24)22(25)26)21-23-17-7-3-4-9-19(17)27-21/h3-4,7,9-11,13,18,20H,5-6,8,12H2,1-2H3,(H,25,26). The van der Waals surface area contributed by atoms with E-state index in [0.29, 0.717) is 6.42 Å². The van der Waals surface area contributed by atoms with Gasteiger partial charge in [-0.25, -0.2) is 4.98 Å². The molecule has 0 amide bonds. The number of rotatable bonds is 4. The highest BCUT2D eigenvalue weighted by Gasteiger charge is 2.37. The molecule has 1 aliphatic heterocycles. The van der Waals surface area contributed by atoms with Crippen molar-refractivity contribution < 1.29 is 9.90 Å². The number of thiazole rings is 1. The van der Waals surface area contributed by atoms with E-state index in [0.717, 1.165) is 40.2 Å². The van der Waals surface area contributed by atoms with E-state index in [-0.39, 0.29) is 6.04 Å². The molecule has 1 aromatic heterocycles. The molecule has 27 heavy (non-hydrogen) atoms. The van der Waals surface area contributed by atoms with Crippen molar-refractivity contribution in [1.82, 2.24) is 9.88 Å². The fourth-order valence-corrected chi connectivity index (χ4v) is 5.23. The number of fused-ring (bicyclic) bond motifs is 1. The van der Waals surface area contributed by atoms with Crippen molar-refractivity contribution in [3.8, 4) is 0 Å². The minimum absolute atomic E-state index is 0.121. The Morgan fingerprint density at radius 1 is 1.22 bits per heavy atom. The number of hydrogen-bond donors (Lipinski definition) is 1. The van der Waals surface area contributed by atoms with Gasteiger partial charge in [-0.3, -0.25) is 9.69 Å². The summed E-state index contributed by atoms with van der Waals surface area (Å²) in [5, 5.41) is 10.8. The lowest BCUT2D eigenvalue weighted by atomic mass is 9.93. The molecule has 140 valence electrons. The van der Waals surface area contributed by atoms with Crippen molar-refractivity contribution >= 4 is 27.5 Å². The van der Waals surface area contributed by atoms with Crippen molar-refractivity contribution in [2.75, 3.05) is 6.54 Å². The molecule has 2 atom stereocenters. The van der Waals surface area contributed by atoms with Gasteiger partial charge < -0.3 is 5.11 Å². The van der Waals surface area contributed by atoms with E-state index in [1.165, 1.54) is 11.1 Å². The summed E-state index contributed by atoms with van der Waals surface area (Å²) in [6.07, 6.45) is 2.69. The third-order valence-electron chi connectivity index (χ3n) is 5.43. The molecule has 0 radical (unpaired) electrons. The summed E-state index contributed by atoms with van der Waals surface area (Å²) in [5.74, 6) is -0.731. The van der Waals surface area contributed by atoms with Crippen molar-refractivity contribution in [3.05, 3.63) is 64.2 Å². The van der Waals surface area contributed by atoms with E-state index in [4.69, 9.17) is 4.98 Å². The monoisotopic (exact) mass is 380 g/mol. The van der Waals surface area contributed by atoms with Gasteiger partial charge in [0.25, 0.3) is 0 Å². The number of carboxylic acids is 1. The number of piperidine rings is 1. The van der Waals surface area contributed by atoms with Crippen molar-refractivity contribution in [1.29, 1.82) is 0 Å². The van der Waals surface area contributed by atoms with Crippen molar-refractivity contribution in [2.24, 2.45) is 0 Å². The maximum absolute atomic E-state index is 12.0. The van der Waals surface area contributed by atoms with Gasteiger partial charge in [-0.1, -0.05) is 42.3 Å². The van der Waals surface area contributed by atoms with Crippen molar-refractivity contribution in [3.63, 3.8) is 0 Å². The van der Waals surface area contributed by atoms with Gasteiger partial charge in [-0.2, -0.15) is 0 Å². The van der Waals surface area contributed by atoms with Crippen molar-refractivity contribution in [2.45, 2.75) is 45.2 Å². The van der Waals surface area contributed by atoms with Gasteiger partial charge >= 0.3 is 5.97 Å². The van der Waals surface area contributed by atoms with E-state index in [9.17, 15) is 9.90 Å². The van der Waals surface area contributed by atoms with E-state index < -0.39 is 12.0 Å². The lowest BCUT2D eigenvalue weighted by molar-refractivity contribution is -0.145. The first kappa shape index (κ1) is 18.1. The summed E-state index contributed by atoms with van der Waals surface area (Å²) in [7, 11) is 0. The highest BCUT2D eigenvalue weighted by molar-refractivity contribution is 7.18. The highest BCUT2D eigenvalue weighted by Crippen LogP contribution is 2.39. The van der Waals surface area contributed by atoms with Crippen LogP contribution in [0.15, 0.2) is 42.5 Å². The van der Waals surface area contributed by atoms with Crippen LogP contribution >= 0.6 is 11.3 Å². The largest absolute Gasteiger partial charge is 0.480 e. The molecule has 0 spiro atoms. The summed E-state index contributed by atoms with van der Waals surface area (Å²) in [6.45, 7) is 4.98. The number of benzene rings is 2. The molecule has 1 saturated heterocycles. The highest BCUT2D eigenvalue weighted by atomic mass is 32.1. The van der Waals surface area contributed by atoms with E-state index in [1.54, 1.807) is 11.3 Å². The topological polar surface area (TPSA) is 53.4 Å². The fraction of sp³-hybridized carbons (Fsp3) is 0.364. The first-order chi connectivity index (χ1) is 13.0. The second-order valence-electron chi connectivity index (χ2n) is 7.37. The zero-order valence-electron chi connectivity index (χ0n) is 15.7. The first-order valence-corrected chi connectivity index (χ1v) is 10.3. The van der Waals surface area contributed by atoms with Crippen LogP contribution in [0.4, 0.5) is 0 Å². The van der Waals surface area contributed by atoms with Gasteiger partial charge in [-0.05, 0) is 49.9 Å². The van der Waals surface area contributed by atoms with E-state index in [1.807, 2.05) is 18.2 Å². The summed E-state index contributed by atoms with van der Waals surface area (Å²) in [4.78, 5) is 19.0. The van der Waals surface area contributed by atoms with Gasteiger partial charge in [0, 0.05) is 6.54 Å². The second-order valence-corrected chi connectivity index (χ2v) is 8.43. The summed E-state index contributed by atoms with van der Waals surface area (Å²) in [5.41, 5.74) is 4.55. The number of para-hydroxylation sites is 1. The van der Waals surface area contributed by atoms with Crippen LogP contribution in [0.1, 0.15) is 47.0 Å². The van der Waals surface area contributed by atoms with Gasteiger partial charge in [0.05, 0.1) is 16.3 Å². The van der Waals surface area contributed by atoms with Crippen LogP contribution in [0.2, 0.25) is 0 Å². The molecule has 1 aliphatic rings.